The maximum Gasteiger partial charge on any atom is 0.303 e. The van der Waals surface area contributed by atoms with E-state index in [1.54, 1.807) is 0 Å². The van der Waals surface area contributed by atoms with E-state index in [2.05, 4.69) is 4.74 Å². The highest BCUT2D eigenvalue weighted by molar-refractivity contribution is 5.66. The van der Waals surface area contributed by atoms with Crippen molar-refractivity contribution in [3.63, 3.8) is 0 Å². The molecule has 0 atom stereocenters. The minimum atomic E-state index is -0.829. The van der Waals surface area contributed by atoms with Crippen molar-refractivity contribution in [2.24, 2.45) is 0 Å². The van der Waals surface area contributed by atoms with Gasteiger partial charge in [0, 0.05) is 13.0 Å². The second-order valence-electron chi connectivity index (χ2n) is 2.40. The minimum Gasteiger partial charge on any atom is -0.481 e. The first-order valence-corrected chi connectivity index (χ1v) is 4.20. The van der Waals surface area contributed by atoms with Crippen LogP contribution < -0.4 is 0 Å². The molecule has 0 aromatic heterocycles. The standard InChI is InChI=1S/C8H14O6/c9-6-14-7-13-5-4-12-3-1-2-8(10)11/h6H,1-5,7H2,(H,10,11). The molecule has 0 unspecified atom stereocenters. The third-order valence-electron chi connectivity index (χ3n) is 1.27. The first-order valence-electron chi connectivity index (χ1n) is 4.20. The molecule has 6 nitrogen and oxygen atoms in total. The Hall–Kier alpha value is -1.14. The topological polar surface area (TPSA) is 82.1 Å². The van der Waals surface area contributed by atoms with Crippen molar-refractivity contribution in [1.29, 1.82) is 0 Å². The number of carboxylic acids is 1. The molecule has 0 radical (unpaired) electrons. The molecule has 0 saturated carbocycles. The van der Waals surface area contributed by atoms with Crippen LogP contribution in [-0.4, -0.2) is 44.2 Å². The summed E-state index contributed by atoms with van der Waals surface area (Å²) in [6.45, 7) is 1.29. The Labute approximate surface area is 81.8 Å². The molecule has 0 rings (SSSR count). The zero-order valence-electron chi connectivity index (χ0n) is 7.81. The Balaban J connectivity index is 2.92. The number of hydrogen-bond acceptors (Lipinski definition) is 5. The Bertz CT molecular complexity index is 158. The van der Waals surface area contributed by atoms with E-state index < -0.39 is 5.97 Å². The van der Waals surface area contributed by atoms with Gasteiger partial charge in [0.25, 0.3) is 6.47 Å². The second kappa shape index (κ2) is 9.94. The second-order valence-corrected chi connectivity index (χ2v) is 2.40. The van der Waals surface area contributed by atoms with E-state index in [4.69, 9.17) is 14.6 Å². The molecule has 14 heavy (non-hydrogen) atoms. The molecule has 0 fully saturated rings. The summed E-state index contributed by atoms with van der Waals surface area (Å²) < 4.78 is 14.1. The van der Waals surface area contributed by atoms with Crippen LogP contribution in [0.15, 0.2) is 0 Å². The van der Waals surface area contributed by atoms with E-state index in [0.29, 0.717) is 32.7 Å². The number of rotatable bonds is 10. The number of aliphatic carboxylic acids is 1. The fraction of sp³-hybridized carbons (Fsp3) is 0.750. The molecular formula is C8H14O6. The number of ether oxygens (including phenoxy) is 3. The lowest BCUT2D eigenvalue weighted by Gasteiger charge is -2.03. The zero-order chi connectivity index (χ0) is 10.6. The van der Waals surface area contributed by atoms with Crippen molar-refractivity contribution in [3.05, 3.63) is 0 Å². The first kappa shape index (κ1) is 12.9. The summed E-state index contributed by atoms with van der Waals surface area (Å²) in [4.78, 5) is 19.7. The highest BCUT2D eigenvalue weighted by atomic mass is 16.7. The summed E-state index contributed by atoms with van der Waals surface area (Å²) in [5.41, 5.74) is 0. The molecule has 0 amide bonds. The van der Waals surface area contributed by atoms with Crippen molar-refractivity contribution < 1.29 is 28.9 Å². The molecular weight excluding hydrogens is 192 g/mol. The highest BCUT2D eigenvalue weighted by Crippen LogP contribution is 1.89. The van der Waals surface area contributed by atoms with Crippen LogP contribution in [0.3, 0.4) is 0 Å². The van der Waals surface area contributed by atoms with Gasteiger partial charge >= 0.3 is 5.97 Å². The lowest BCUT2D eigenvalue weighted by Crippen LogP contribution is -2.08. The van der Waals surface area contributed by atoms with E-state index in [0.717, 1.165) is 0 Å². The van der Waals surface area contributed by atoms with Gasteiger partial charge < -0.3 is 19.3 Å². The van der Waals surface area contributed by atoms with Gasteiger partial charge in [-0.2, -0.15) is 0 Å². The van der Waals surface area contributed by atoms with E-state index in [1.165, 1.54) is 0 Å². The predicted molar refractivity (Wildman–Crippen MR) is 45.7 cm³/mol. The molecule has 0 spiro atoms. The molecule has 6 heteroatoms. The predicted octanol–water partition coefficient (Wildman–Crippen LogP) is 0.0149. The third kappa shape index (κ3) is 10.9. The number of carboxylic acid groups (broad SMARTS) is 1. The van der Waals surface area contributed by atoms with Crippen LogP contribution in [0.1, 0.15) is 12.8 Å². The van der Waals surface area contributed by atoms with Crippen LogP contribution in [0.2, 0.25) is 0 Å². The third-order valence-corrected chi connectivity index (χ3v) is 1.27. The Kier molecular flexibility index (Phi) is 9.13. The van der Waals surface area contributed by atoms with E-state index >= 15 is 0 Å². The SMILES string of the molecule is O=COCOCCOCCCC(=O)O. The van der Waals surface area contributed by atoms with Crippen LogP contribution in [0.25, 0.3) is 0 Å². The molecule has 0 bridgehead atoms. The van der Waals surface area contributed by atoms with Gasteiger partial charge in [-0.25, -0.2) is 0 Å². The molecule has 1 N–H and O–H groups in total. The van der Waals surface area contributed by atoms with E-state index in [-0.39, 0.29) is 13.2 Å². The summed E-state index contributed by atoms with van der Waals surface area (Å²) in [6.07, 6.45) is 0.593. The molecule has 0 aromatic carbocycles. The summed E-state index contributed by atoms with van der Waals surface area (Å²) >= 11 is 0. The summed E-state index contributed by atoms with van der Waals surface area (Å²) in [5.74, 6) is -0.829. The lowest BCUT2D eigenvalue weighted by atomic mass is 10.3. The quantitative estimate of drug-likeness (QED) is 0.308. The van der Waals surface area contributed by atoms with Gasteiger partial charge in [-0.3, -0.25) is 9.59 Å². The number of carbonyl (C=O) groups is 2. The number of carbonyl (C=O) groups excluding carboxylic acids is 1. The van der Waals surface area contributed by atoms with Crippen LogP contribution in [-0.2, 0) is 23.8 Å². The Morgan fingerprint density at radius 2 is 1.93 bits per heavy atom. The van der Waals surface area contributed by atoms with E-state index in [9.17, 15) is 9.59 Å². The van der Waals surface area contributed by atoms with Crippen molar-refractivity contribution in [2.45, 2.75) is 12.8 Å². The Morgan fingerprint density at radius 1 is 1.21 bits per heavy atom. The van der Waals surface area contributed by atoms with Crippen molar-refractivity contribution in [2.75, 3.05) is 26.6 Å². The summed E-state index contributed by atoms with van der Waals surface area (Å²) in [7, 11) is 0. The Morgan fingerprint density at radius 3 is 2.57 bits per heavy atom. The normalized spacial score (nSPS) is 9.71. The average molecular weight is 206 g/mol. The van der Waals surface area contributed by atoms with Crippen molar-refractivity contribution >= 4 is 12.4 Å². The van der Waals surface area contributed by atoms with E-state index in [1.807, 2.05) is 0 Å². The van der Waals surface area contributed by atoms with Gasteiger partial charge in [-0.1, -0.05) is 0 Å². The lowest BCUT2D eigenvalue weighted by molar-refractivity contribution is -0.141. The average Bonchev–Trinajstić information content (AvgIpc) is 2.15. The smallest absolute Gasteiger partial charge is 0.303 e. The summed E-state index contributed by atoms with van der Waals surface area (Å²) in [5, 5.41) is 8.28. The molecule has 0 aliphatic carbocycles. The number of hydrogen-bond donors (Lipinski definition) is 1. The summed E-state index contributed by atoms with van der Waals surface area (Å²) in [6, 6.07) is 0. The highest BCUT2D eigenvalue weighted by Gasteiger charge is 1.95. The van der Waals surface area contributed by atoms with Crippen LogP contribution in [0.4, 0.5) is 0 Å². The van der Waals surface area contributed by atoms with Gasteiger partial charge in [0.05, 0.1) is 13.2 Å². The monoisotopic (exact) mass is 206 g/mol. The van der Waals surface area contributed by atoms with Crippen molar-refractivity contribution in [3.8, 4) is 0 Å². The first-order chi connectivity index (χ1) is 6.77. The molecule has 0 aliphatic heterocycles. The van der Waals surface area contributed by atoms with Crippen molar-refractivity contribution in [1.82, 2.24) is 0 Å². The molecule has 0 aromatic rings. The van der Waals surface area contributed by atoms with Gasteiger partial charge in [-0.05, 0) is 6.42 Å². The molecule has 82 valence electrons. The van der Waals surface area contributed by atoms with Gasteiger partial charge in [0.1, 0.15) is 0 Å². The van der Waals surface area contributed by atoms with Crippen LogP contribution in [0, 0.1) is 0 Å². The molecule has 0 heterocycles. The zero-order valence-corrected chi connectivity index (χ0v) is 7.81. The molecule has 0 saturated heterocycles. The van der Waals surface area contributed by atoms with Crippen LogP contribution in [0.5, 0.6) is 0 Å². The van der Waals surface area contributed by atoms with Gasteiger partial charge in [-0.15, -0.1) is 0 Å². The van der Waals surface area contributed by atoms with Gasteiger partial charge in [0.2, 0.25) is 0 Å². The maximum absolute atomic E-state index is 10.1. The largest absolute Gasteiger partial charge is 0.481 e. The fourth-order valence-electron chi connectivity index (χ4n) is 0.680. The fourth-order valence-corrected chi connectivity index (χ4v) is 0.680. The minimum absolute atomic E-state index is 0.0814. The maximum atomic E-state index is 10.1. The van der Waals surface area contributed by atoms with Gasteiger partial charge in [0.15, 0.2) is 6.79 Å². The van der Waals surface area contributed by atoms with Crippen LogP contribution >= 0.6 is 0 Å². The molecule has 0 aliphatic rings.